The molecule has 1 fully saturated rings. The van der Waals surface area contributed by atoms with E-state index >= 15 is 0 Å². The van der Waals surface area contributed by atoms with Gasteiger partial charge in [0.25, 0.3) is 0 Å². The third-order valence-electron chi connectivity index (χ3n) is 4.00. The Morgan fingerprint density at radius 1 is 1.24 bits per heavy atom. The number of likely N-dealkylation sites (N-methyl/N-ethyl adjacent to an activating group) is 2. The Morgan fingerprint density at radius 2 is 2.00 bits per heavy atom. The first kappa shape index (κ1) is 16.0. The maximum Gasteiger partial charge on any atom is 0.133 e. The van der Waals surface area contributed by atoms with Crippen molar-refractivity contribution in [3.05, 3.63) is 11.9 Å². The van der Waals surface area contributed by atoms with Crippen LogP contribution in [0.5, 0.6) is 0 Å². The molecule has 0 amide bonds. The number of aryl methyl sites for hydroxylation is 1. The first-order valence-electron chi connectivity index (χ1n) is 7.80. The predicted molar refractivity (Wildman–Crippen MR) is 88.0 cm³/mol. The van der Waals surface area contributed by atoms with Crippen LogP contribution in [0.4, 0.5) is 11.6 Å². The van der Waals surface area contributed by atoms with Crippen molar-refractivity contribution in [2.45, 2.75) is 25.8 Å². The molecule has 0 aromatic carbocycles. The summed E-state index contributed by atoms with van der Waals surface area (Å²) in [6.07, 6.45) is 1.97. The van der Waals surface area contributed by atoms with Crippen molar-refractivity contribution in [1.82, 2.24) is 19.8 Å². The summed E-state index contributed by atoms with van der Waals surface area (Å²) in [4.78, 5) is 13.9. The minimum absolute atomic E-state index is 0.520. The fourth-order valence-corrected chi connectivity index (χ4v) is 2.60. The molecule has 2 rings (SSSR count). The second kappa shape index (κ2) is 7.56. The summed E-state index contributed by atoms with van der Waals surface area (Å²) < 4.78 is 0. The Labute approximate surface area is 127 Å². The van der Waals surface area contributed by atoms with E-state index in [-0.39, 0.29) is 0 Å². The molecule has 1 aromatic heterocycles. The van der Waals surface area contributed by atoms with Gasteiger partial charge < -0.3 is 15.5 Å². The molecule has 1 unspecified atom stereocenters. The number of hydrogen-bond acceptors (Lipinski definition) is 6. The van der Waals surface area contributed by atoms with Crippen molar-refractivity contribution in [2.75, 3.05) is 58.0 Å². The minimum atomic E-state index is 0.520. The van der Waals surface area contributed by atoms with Crippen LogP contribution in [0.1, 0.15) is 19.2 Å². The average Bonchev–Trinajstić information content (AvgIpc) is 2.48. The number of hydrogen-bond donors (Lipinski definition) is 2. The quantitative estimate of drug-likeness (QED) is 0.820. The highest BCUT2D eigenvalue weighted by molar-refractivity contribution is 5.47. The van der Waals surface area contributed by atoms with Gasteiger partial charge in [-0.25, -0.2) is 9.97 Å². The van der Waals surface area contributed by atoms with Crippen LogP contribution in [0.15, 0.2) is 6.07 Å². The summed E-state index contributed by atoms with van der Waals surface area (Å²) in [5.74, 6) is 2.70. The van der Waals surface area contributed by atoms with Crippen molar-refractivity contribution < 1.29 is 0 Å². The number of anilines is 2. The van der Waals surface area contributed by atoms with E-state index in [0.29, 0.717) is 6.04 Å². The number of piperazine rings is 1. The minimum Gasteiger partial charge on any atom is -0.373 e. The van der Waals surface area contributed by atoms with Gasteiger partial charge in [-0.15, -0.1) is 0 Å². The van der Waals surface area contributed by atoms with Crippen LogP contribution in [0.25, 0.3) is 0 Å². The smallest absolute Gasteiger partial charge is 0.133 e. The van der Waals surface area contributed by atoms with Gasteiger partial charge in [-0.2, -0.15) is 0 Å². The normalized spacial score (nSPS) is 20.5. The zero-order valence-corrected chi connectivity index (χ0v) is 13.7. The SMILES string of the molecule is CCCc1nc(NC)cc(NCC2CN(C)CCN2C)n1. The van der Waals surface area contributed by atoms with Gasteiger partial charge in [-0.3, -0.25) is 4.90 Å². The summed E-state index contributed by atoms with van der Waals surface area (Å²) in [6.45, 7) is 6.41. The van der Waals surface area contributed by atoms with Crippen LogP contribution in [-0.2, 0) is 6.42 Å². The Balaban J connectivity index is 1.99. The van der Waals surface area contributed by atoms with Crippen molar-refractivity contribution in [2.24, 2.45) is 0 Å². The average molecular weight is 292 g/mol. The Bertz CT molecular complexity index is 450. The molecule has 118 valence electrons. The fourth-order valence-electron chi connectivity index (χ4n) is 2.60. The van der Waals surface area contributed by atoms with Gasteiger partial charge in [0.2, 0.25) is 0 Å². The molecular formula is C15H28N6. The molecule has 1 aliphatic rings. The lowest BCUT2D eigenvalue weighted by atomic mass is 10.2. The molecule has 21 heavy (non-hydrogen) atoms. The van der Waals surface area contributed by atoms with Gasteiger partial charge in [0.15, 0.2) is 0 Å². The predicted octanol–water partition coefficient (Wildman–Crippen LogP) is 1.13. The fraction of sp³-hybridized carbons (Fsp3) is 0.733. The standard InChI is InChI=1S/C15H28N6/c1-5-6-13-18-14(16-2)9-15(19-13)17-10-12-11-20(3)7-8-21(12)4/h9,12H,5-8,10-11H2,1-4H3,(H2,16,17,18,19). The van der Waals surface area contributed by atoms with Crippen LogP contribution in [-0.4, -0.2) is 73.1 Å². The molecular weight excluding hydrogens is 264 g/mol. The van der Waals surface area contributed by atoms with Crippen molar-refractivity contribution in [3.63, 3.8) is 0 Å². The van der Waals surface area contributed by atoms with E-state index in [1.807, 2.05) is 13.1 Å². The van der Waals surface area contributed by atoms with Crippen LogP contribution in [0, 0.1) is 0 Å². The number of aromatic nitrogens is 2. The molecule has 0 saturated carbocycles. The summed E-state index contributed by atoms with van der Waals surface area (Å²) >= 11 is 0. The van der Waals surface area contributed by atoms with Crippen LogP contribution >= 0.6 is 0 Å². The molecule has 0 radical (unpaired) electrons. The third kappa shape index (κ3) is 4.54. The van der Waals surface area contributed by atoms with Crippen molar-refractivity contribution in [3.8, 4) is 0 Å². The number of nitrogens with one attached hydrogen (secondary N) is 2. The summed E-state index contributed by atoms with van der Waals surface area (Å²) in [5, 5.41) is 6.59. The lowest BCUT2D eigenvalue weighted by Gasteiger charge is -2.37. The molecule has 1 atom stereocenters. The molecule has 0 aliphatic carbocycles. The maximum atomic E-state index is 4.61. The van der Waals surface area contributed by atoms with Gasteiger partial charge in [-0.1, -0.05) is 6.92 Å². The van der Waals surface area contributed by atoms with Gasteiger partial charge in [-0.05, 0) is 20.5 Å². The van der Waals surface area contributed by atoms with E-state index in [9.17, 15) is 0 Å². The highest BCUT2D eigenvalue weighted by Gasteiger charge is 2.21. The zero-order valence-electron chi connectivity index (χ0n) is 13.7. The molecule has 2 heterocycles. The first-order valence-corrected chi connectivity index (χ1v) is 7.80. The lowest BCUT2D eigenvalue weighted by molar-refractivity contribution is 0.122. The highest BCUT2D eigenvalue weighted by atomic mass is 15.3. The van der Waals surface area contributed by atoms with E-state index in [1.165, 1.54) is 0 Å². The maximum absolute atomic E-state index is 4.61. The molecule has 6 nitrogen and oxygen atoms in total. The summed E-state index contributed by atoms with van der Waals surface area (Å²) in [7, 11) is 6.27. The summed E-state index contributed by atoms with van der Waals surface area (Å²) in [6, 6.07) is 2.50. The first-order chi connectivity index (χ1) is 10.1. The number of rotatable bonds is 6. The second-order valence-corrected chi connectivity index (χ2v) is 5.83. The Morgan fingerprint density at radius 3 is 2.71 bits per heavy atom. The van der Waals surface area contributed by atoms with Gasteiger partial charge in [0.05, 0.1) is 0 Å². The van der Waals surface area contributed by atoms with E-state index in [4.69, 9.17) is 0 Å². The monoisotopic (exact) mass is 292 g/mol. The second-order valence-electron chi connectivity index (χ2n) is 5.83. The van der Waals surface area contributed by atoms with Crippen molar-refractivity contribution in [1.29, 1.82) is 0 Å². The van der Waals surface area contributed by atoms with Gasteiger partial charge in [0, 0.05) is 51.8 Å². The largest absolute Gasteiger partial charge is 0.373 e. The van der Waals surface area contributed by atoms with Crippen LogP contribution in [0.2, 0.25) is 0 Å². The third-order valence-corrected chi connectivity index (χ3v) is 4.00. The van der Waals surface area contributed by atoms with Crippen molar-refractivity contribution >= 4 is 11.6 Å². The van der Waals surface area contributed by atoms with E-state index < -0.39 is 0 Å². The Kier molecular flexibility index (Phi) is 5.76. The van der Waals surface area contributed by atoms with E-state index in [0.717, 1.165) is 56.5 Å². The molecule has 6 heteroatoms. The molecule has 1 aromatic rings. The lowest BCUT2D eigenvalue weighted by Crippen LogP contribution is -2.52. The molecule has 1 aliphatic heterocycles. The zero-order chi connectivity index (χ0) is 15.2. The molecule has 0 spiro atoms. The van der Waals surface area contributed by atoms with E-state index in [2.05, 4.69) is 51.4 Å². The molecule has 2 N–H and O–H groups in total. The van der Waals surface area contributed by atoms with Crippen LogP contribution < -0.4 is 10.6 Å². The van der Waals surface area contributed by atoms with E-state index in [1.54, 1.807) is 0 Å². The molecule has 1 saturated heterocycles. The number of nitrogens with zero attached hydrogens (tertiary/aromatic N) is 4. The molecule has 0 bridgehead atoms. The highest BCUT2D eigenvalue weighted by Crippen LogP contribution is 2.13. The van der Waals surface area contributed by atoms with Gasteiger partial charge in [0.1, 0.15) is 17.5 Å². The topological polar surface area (TPSA) is 56.3 Å². The van der Waals surface area contributed by atoms with Gasteiger partial charge >= 0.3 is 0 Å². The van der Waals surface area contributed by atoms with Crippen LogP contribution in [0.3, 0.4) is 0 Å². The Hall–Kier alpha value is -1.40. The summed E-state index contributed by atoms with van der Waals surface area (Å²) in [5.41, 5.74) is 0.